The molecule has 1 heterocycles. The van der Waals surface area contributed by atoms with Crippen LogP contribution in [-0.4, -0.2) is 32.6 Å². The van der Waals surface area contributed by atoms with Gasteiger partial charge < -0.3 is 4.57 Å². The van der Waals surface area contributed by atoms with E-state index in [1.54, 1.807) is 12.1 Å². The number of carbonyl (C=O) groups is 1. The van der Waals surface area contributed by atoms with Crippen LogP contribution in [0.25, 0.3) is 11.4 Å². The highest BCUT2D eigenvalue weighted by Crippen LogP contribution is 2.29. The molecular formula is C20H17ClF3N5OS. The first-order valence-electron chi connectivity index (χ1n) is 9.09. The fraction of sp³-hybridized carbons (Fsp3) is 0.200. The van der Waals surface area contributed by atoms with E-state index in [0.717, 1.165) is 17.7 Å². The summed E-state index contributed by atoms with van der Waals surface area (Å²) in [7, 11) is 0. The van der Waals surface area contributed by atoms with Crippen molar-refractivity contribution >= 4 is 35.5 Å². The Bertz CT molecular complexity index is 1070. The number of carbonyl (C=O) groups excluding carboxylic acids is 1. The molecule has 0 bridgehead atoms. The van der Waals surface area contributed by atoms with Gasteiger partial charge in [0.2, 0.25) is 0 Å². The van der Waals surface area contributed by atoms with Gasteiger partial charge in [0, 0.05) is 17.1 Å². The standard InChI is InChI=1S/C20H17ClF3N5OS/c1-2-29-18(14-5-9-16(21)10-6-14)27-28-19(29)31-12-17(30)26-25-11-13-3-7-15(8-4-13)20(22,23)24/h3-11H,2,12H2,1H3,(H,26,30). The van der Waals surface area contributed by atoms with Gasteiger partial charge in [0.05, 0.1) is 17.5 Å². The number of rotatable bonds is 7. The van der Waals surface area contributed by atoms with Gasteiger partial charge in [0.25, 0.3) is 5.91 Å². The Hall–Kier alpha value is -2.85. The second-order valence-corrected chi connectivity index (χ2v) is 7.64. The number of halogens is 4. The van der Waals surface area contributed by atoms with Crippen molar-refractivity contribution in [3.05, 3.63) is 64.7 Å². The molecule has 3 rings (SSSR count). The highest BCUT2D eigenvalue weighted by Gasteiger charge is 2.29. The lowest BCUT2D eigenvalue weighted by atomic mass is 10.1. The van der Waals surface area contributed by atoms with Crippen LogP contribution in [0.5, 0.6) is 0 Å². The van der Waals surface area contributed by atoms with Crippen LogP contribution in [-0.2, 0) is 17.5 Å². The summed E-state index contributed by atoms with van der Waals surface area (Å²) in [6.07, 6.45) is -3.12. The lowest BCUT2D eigenvalue weighted by Crippen LogP contribution is -2.20. The van der Waals surface area contributed by atoms with Gasteiger partial charge in [0.15, 0.2) is 11.0 Å². The van der Waals surface area contributed by atoms with E-state index in [2.05, 4.69) is 20.7 Å². The minimum absolute atomic E-state index is 0.0447. The molecule has 0 aliphatic heterocycles. The van der Waals surface area contributed by atoms with Crippen molar-refractivity contribution in [2.45, 2.75) is 24.8 Å². The van der Waals surface area contributed by atoms with E-state index >= 15 is 0 Å². The van der Waals surface area contributed by atoms with Crippen molar-refractivity contribution < 1.29 is 18.0 Å². The van der Waals surface area contributed by atoms with E-state index < -0.39 is 11.7 Å². The van der Waals surface area contributed by atoms with Gasteiger partial charge in [-0.3, -0.25) is 4.79 Å². The molecule has 0 unspecified atom stereocenters. The fourth-order valence-electron chi connectivity index (χ4n) is 2.59. The van der Waals surface area contributed by atoms with Crippen LogP contribution in [0.4, 0.5) is 13.2 Å². The van der Waals surface area contributed by atoms with E-state index in [-0.39, 0.29) is 11.7 Å². The first-order valence-corrected chi connectivity index (χ1v) is 10.5. The molecule has 0 aliphatic rings. The van der Waals surface area contributed by atoms with Crippen LogP contribution < -0.4 is 5.43 Å². The molecule has 0 aliphatic carbocycles. The maximum absolute atomic E-state index is 12.6. The number of aromatic nitrogens is 3. The summed E-state index contributed by atoms with van der Waals surface area (Å²) in [6, 6.07) is 11.7. The molecule has 1 N–H and O–H groups in total. The number of alkyl halides is 3. The largest absolute Gasteiger partial charge is 0.416 e. The van der Waals surface area contributed by atoms with Crippen molar-refractivity contribution in [2.75, 3.05) is 5.75 Å². The Balaban J connectivity index is 1.56. The molecule has 0 saturated heterocycles. The first kappa shape index (κ1) is 22.8. The Morgan fingerprint density at radius 1 is 1.16 bits per heavy atom. The second kappa shape index (κ2) is 9.97. The van der Waals surface area contributed by atoms with E-state index in [1.807, 2.05) is 23.6 Å². The fourth-order valence-corrected chi connectivity index (χ4v) is 3.51. The molecular weight excluding hydrogens is 451 g/mol. The maximum atomic E-state index is 12.6. The van der Waals surface area contributed by atoms with Gasteiger partial charge in [-0.05, 0) is 48.9 Å². The predicted octanol–water partition coefficient (Wildman–Crippen LogP) is 4.88. The Morgan fingerprint density at radius 3 is 2.45 bits per heavy atom. The summed E-state index contributed by atoms with van der Waals surface area (Å²) in [5.74, 6) is 0.331. The molecule has 6 nitrogen and oxygen atoms in total. The van der Waals surface area contributed by atoms with Crippen molar-refractivity contribution in [1.82, 2.24) is 20.2 Å². The second-order valence-electron chi connectivity index (χ2n) is 6.26. The summed E-state index contributed by atoms with van der Waals surface area (Å²) >= 11 is 7.12. The summed E-state index contributed by atoms with van der Waals surface area (Å²) in [5, 5.41) is 13.3. The number of thioether (sulfide) groups is 1. The molecule has 31 heavy (non-hydrogen) atoms. The van der Waals surface area contributed by atoms with Crippen molar-refractivity contribution in [3.8, 4) is 11.4 Å². The predicted molar refractivity (Wildman–Crippen MR) is 114 cm³/mol. The van der Waals surface area contributed by atoms with Gasteiger partial charge in [-0.2, -0.15) is 18.3 Å². The van der Waals surface area contributed by atoms with E-state index in [1.165, 1.54) is 30.1 Å². The first-order chi connectivity index (χ1) is 14.8. The van der Waals surface area contributed by atoms with Crippen LogP contribution in [0.1, 0.15) is 18.1 Å². The quantitative estimate of drug-likeness (QED) is 0.305. The Kier molecular flexibility index (Phi) is 7.34. The van der Waals surface area contributed by atoms with Crippen LogP contribution >= 0.6 is 23.4 Å². The number of amides is 1. The average Bonchev–Trinajstić information content (AvgIpc) is 3.15. The molecule has 0 saturated carbocycles. The lowest BCUT2D eigenvalue weighted by Gasteiger charge is -2.07. The average molecular weight is 468 g/mol. The number of nitrogens with zero attached hydrogens (tertiary/aromatic N) is 4. The molecule has 3 aromatic rings. The third kappa shape index (κ3) is 6.08. The molecule has 0 atom stereocenters. The van der Waals surface area contributed by atoms with Gasteiger partial charge >= 0.3 is 6.18 Å². The maximum Gasteiger partial charge on any atom is 0.416 e. The van der Waals surface area contributed by atoms with Crippen LogP contribution in [0.3, 0.4) is 0 Å². The Morgan fingerprint density at radius 2 is 1.84 bits per heavy atom. The number of nitrogens with one attached hydrogen (secondary N) is 1. The van der Waals surface area contributed by atoms with Gasteiger partial charge in [-0.15, -0.1) is 10.2 Å². The smallest absolute Gasteiger partial charge is 0.302 e. The van der Waals surface area contributed by atoms with Crippen LogP contribution in [0.15, 0.2) is 58.8 Å². The summed E-state index contributed by atoms with van der Waals surface area (Å²) in [4.78, 5) is 12.0. The molecule has 162 valence electrons. The normalized spacial score (nSPS) is 11.8. The third-order valence-electron chi connectivity index (χ3n) is 4.11. The van der Waals surface area contributed by atoms with Gasteiger partial charge in [-0.25, -0.2) is 5.43 Å². The monoisotopic (exact) mass is 467 g/mol. The number of hydrogen-bond donors (Lipinski definition) is 1. The highest BCUT2D eigenvalue weighted by molar-refractivity contribution is 7.99. The molecule has 2 aromatic carbocycles. The molecule has 0 spiro atoms. The topological polar surface area (TPSA) is 72.2 Å². The number of hydrogen-bond acceptors (Lipinski definition) is 5. The summed E-state index contributed by atoms with van der Waals surface area (Å²) in [5.41, 5.74) is 2.88. The zero-order valence-electron chi connectivity index (χ0n) is 16.2. The van der Waals surface area contributed by atoms with Gasteiger partial charge in [0.1, 0.15) is 0 Å². The summed E-state index contributed by atoms with van der Waals surface area (Å²) in [6.45, 7) is 2.56. The van der Waals surface area contributed by atoms with Crippen molar-refractivity contribution in [1.29, 1.82) is 0 Å². The zero-order valence-corrected chi connectivity index (χ0v) is 17.8. The molecule has 0 fully saturated rings. The molecule has 0 radical (unpaired) electrons. The van der Waals surface area contributed by atoms with E-state index in [0.29, 0.717) is 28.1 Å². The van der Waals surface area contributed by atoms with Crippen LogP contribution in [0.2, 0.25) is 5.02 Å². The molecule has 1 aromatic heterocycles. The summed E-state index contributed by atoms with van der Waals surface area (Å²) < 4.78 is 39.6. The van der Waals surface area contributed by atoms with Gasteiger partial charge in [-0.1, -0.05) is 35.5 Å². The van der Waals surface area contributed by atoms with Crippen LogP contribution in [0, 0.1) is 0 Å². The van der Waals surface area contributed by atoms with E-state index in [9.17, 15) is 18.0 Å². The van der Waals surface area contributed by atoms with Crippen molar-refractivity contribution in [3.63, 3.8) is 0 Å². The zero-order chi connectivity index (χ0) is 22.4. The molecule has 1 amide bonds. The lowest BCUT2D eigenvalue weighted by molar-refractivity contribution is -0.137. The third-order valence-corrected chi connectivity index (χ3v) is 5.33. The number of hydrazone groups is 1. The SMILES string of the molecule is CCn1c(SCC(=O)NN=Cc2ccc(C(F)(F)F)cc2)nnc1-c1ccc(Cl)cc1. The van der Waals surface area contributed by atoms with E-state index in [4.69, 9.17) is 11.6 Å². The Labute approximate surface area is 185 Å². The highest BCUT2D eigenvalue weighted by atomic mass is 35.5. The minimum Gasteiger partial charge on any atom is -0.302 e. The number of benzene rings is 2. The van der Waals surface area contributed by atoms with Crippen molar-refractivity contribution in [2.24, 2.45) is 5.10 Å². The molecule has 11 heteroatoms. The minimum atomic E-state index is -4.40.